The summed E-state index contributed by atoms with van der Waals surface area (Å²) in [6, 6.07) is 168. The molecule has 624 valence electrons. The summed E-state index contributed by atoms with van der Waals surface area (Å²) < 4.78 is 31.9. The summed E-state index contributed by atoms with van der Waals surface area (Å²) in [6.45, 7) is 0. The van der Waals surface area contributed by atoms with Gasteiger partial charge in [0, 0.05) is 116 Å². The van der Waals surface area contributed by atoms with Crippen molar-refractivity contribution in [3.63, 3.8) is 0 Å². The molecule has 0 saturated heterocycles. The first-order valence-electron chi connectivity index (χ1n) is 46.0. The summed E-state index contributed by atoms with van der Waals surface area (Å²) in [5.74, 6) is 3.43. The van der Waals surface area contributed by atoms with Gasteiger partial charge in [-0.2, -0.15) is 0 Å². The maximum Gasteiger partial charge on any atom is 0.137 e. The van der Waals surface area contributed by atoms with Crippen LogP contribution in [-0.4, -0.2) is 9.13 Å². The largest absolute Gasteiger partial charge is 0.457 e. The Labute approximate surface area is 769 Å². The molecule has 8 nitrogen and oxygen atoms in total. The molecule has 0 saturated carbocycles. The Balaban J connectivity index is 0.000000131. The molecule has 6 heterocycles. The molecule has 0 fully saturated rings. The van der Waals surface area contributed by atoms with E-state index in [1.54, 1.807) is 0 Å². The fourth-order valence-corrected chi connectivity index (χ4v) is 23.8. The average Bonchev–Trinajstić information content (AvgIpc) is 1.08. The predicted molar refractivity (Wildman–Crippen MR) is 550 cm³/mol. The number of nitrogens with zero attached hydrogens (tertiary/aromatic N) is 4. The Morgan fingerprint density at radius 2 is 0.500 bits per heavy atom. The van der Waals surface area contributed by atoms with Crippen LogP contribution in [0.2, 0.25) is 0 Å². The summed E-state index contributed by atoms with van der Waals surface area (Å²) in [7, 11) is 0. The van der Waals surface area contributed by atoms with Gasteiger partial charge in [0.2, 0.25) is 0 Å². The Bertz CT molecular complexity index is 9530. The number of benzene rings is 22. The minimum Gasteiger partial charge on any atom is -0.457 e. The first kappa shape index (κ1) is 74.2. The van der Waals surface area contributed by atoms with Crippen LogP contribution < -0.4 is 19.3 Å². The Hall–Kier alpha value is -17.7. The van der Waals surface area contributed by atoms with E-state index in [0.717, 1.165) is 146 Å². The van der Waals surface area contributed by atoms with Gasteiger partial charge in [-0.15, -0.1) is 0 Å². The van der Waals surface area contributed by atoms with Crippen molar-refractivity contribution in [1.82, 2.24) is 9.13 Å². The van der Waals surface area contributed by atoms with Crippen LogP contribution in [0.15, 0.2) is 470 Å². The first-order chi connectivity index (χ1) is 66.4. The van der Waals surface area contributed by atoms with Crippen LogP contribution in [0, 0.1) is 0 Å². The molecule has 2 aliphatic heterocycles. The average molecular weight is 1710 g/mol. The van der Waals surface area contributed by atoms with Crippen molar-refractivity contribution in [1.29, 1.82) is 0 Å². The fraction of sp³-hybridized carbons (Fsp3) is 0.0159. The lowest BCUT2D eigenvalue weighted by Crippen LogP contribution is -2.36. The first-order valence-corrected chi connectivity index (χ1v) is 46.0. The molecule has 4 aliphatic rings. The van der Waals surface area contributed by atoms with Crippen molar-refractivity contribution in [3.8, 4) is 56.6 Å². The lowest BCUT2D eigenvalue weighted by atomic mass is 9.58. The minimum atomic E-state index is -0.686. The molecule has 4 aromatic heterocycles. The molecule has 22 aromatic carbocycles. The smallest absolute Gasteiger partial charge is 0.137 e. The number of fused-ring (bicyclic) bond motifs is 30. The molecular weight excluding hydrogens is 1630 g/mol. The molecule has 8 heteroatoms. The molecule has 26 aromatic rings. The van der Waals surface area contributed by atoms with Crippen molar-refractivity contribution in [2.45, 2.75) is 10.8 Å². The SMILES string of the molecule is c1ccc2c(c1)Oc1ccc(N(c3ccc4c(c3)oc3ccccc34)c3ccc4c(c3)c3ccccc3n4-c3cccc4ccccc34)cc1C21c2ccccc2-c2cccc3cccc1c23.c1ccc2c(c1)Oc1ccc(N(c3ccc4oc5ccccc5c4c3)c3ccc4c(c3)c3ccccc3n4-c3cccc4ccccc34)cc1C21c2ccccc2-c2cccc3cccc1c23. The Morgan fingerprint density at radius 1 is 0.179 bits per heavy atom. The van der Waals surface area contributed by atoms with Gasteiger partial charge in [-0.3, -0.25) is 0 Å². The molecular formula is C126H76N4O4. The van der Waals surface area contributed by atoms with Crippen molar-refractivity contribution in [2.24, 2.45) is 0 Å². The summed E-state index contributed by atoms with van der Waals surface area (Å²) >= 11 is 0. The number of ether oxygens (including phenoxy) is 2. The van der Waals surface area contributed by atoms with E-state index in [2.05, 4.69) is 456 Å². The summed E-state index contributed by atoms with van der Waals surface area (Å²) in [6.07, 6.45) is 0. The molecule has 134 heavy (non-hydrogen) atoms. The van der Waals surface area contributed by atoms with E-state index >= 15 is 0 Å². The topological polar surface area (TPSA) is 61.1 Å². The Kier molecular flexibility index (Phi) is 15.7. The van der Waals surface area contributed by atoms with Gasteiger partial charge < -0.3 is 37.2 Å². The number of hydrogen-bond acceptors (Lipinski definition) is 6. The van der Waals surface area contributed by atoms with Gasteiger partial charge in [-0.25, -0.2) is 0 Å². The van der Waals surface area contributed by atoms with E-state index in [9.17, 15) is 0 Å². The third-order valence-corrected chi connectivity index (χ3v) is 29.2. The lowest BCUT2D eigenvalue weighted by molar-refractivity contribution is 0.435. The molecule has 2 unspecified atom stereocenters. The molecule has 0 N–H and O–H groups in total. The number of aromatic nitrogens is 2. The lowest BCUT2D eigenvalue weighted by Gasteiger charge is -2.45. The zero-order valence-electron chi connectivity index (χ0n) is 72.3. The second kappa shape index (κ2) is 28.4. The van der Waals surface area contributed by atoms with Crippen LogP contribution in [-0.2, 0) is 10.8 Å². The van der Waals surface area contributed by atoms with E-state index < -0.39 is 10.8 Å². The highest BCUT2D eigenvalue weighted by Crippen LogP contribution is 2.65. The second-order valence-electron chi connectivity index (χ2n) is 35.9. The molecule has 0 radical (unpaired) electrons. The molecule has 0 amide bonds. The Morgan fingerprint density at radius 3 is 1.02 bits per heavy atom. The summed E-state index contributed by atoms with van der Waals surface area (Å²) in [5, 5.41) is 19.0. The highest BCUT2D eigenvalue weighted by molar-refractivity contribution is 6.16. The number of anilines is 6. The molecule has 2 spiro atoms. The van der Waals surface area contributed by atoms with Gasteiger partial charge in [0.25, 0.3) is 0 Å². The fourth-order valence-electron chi connectivity index (χ4n) is 23.8. The standard InChI is InChI=1S/2C63H38N2O2/c1-2-18-44-39(14-1)15-13-27-55(44)65-56-26-8-4-20-46(56)50-36-41(31-34-57(50)65)64(43-30-33-48-47-21-5-9-28-58(47)66-61(48)38-43)42-32-35-60-54(37-42)63(52-24-7-10-29-59(52)67-60)51-23-6-3-19-45(51)49-22-11-16-40-17-12-25-53(63)62(40)49;1-2-18-44-39(14-1)15-13-27-55(44)65-56-26-8-4-20-46(56)49-36-41(30-33-57(49)65)64(42-31-34-59-50(37-42)47-21-5-9-28-58(47)66-59)43-32-35-61-54(38-43)63(52-24-7-10-29-60(52)67-61)51-23-6-3-19-45(51)48-22-11-16-40-17-12-25-53(63)62(40)48/h2*1-38H. The third-order valence-electron chi connectivity index (χ3n) is 29.2. The van der Waals surface area contributed by atoms with Crippen LogP contribution in [0.25, 0.3) is 164 Å². The van der Waals surface area contributed by atoms with E-state index in [1.807, 2.05) is 24.3 Å². The molecule has 0 bridgehead atoms. The number of hydrogen-bond donors (Lipinski definition) is 0. The van der Waals surface area contributed by atoms with E-state index in [1.165, 1.54) is 120 Å². The van der Waals surface area contributed by atoms with Crippen molar-refractivity contribution < 1.29 is 18.3 Å². The monoisotopic (exact) mass is 1710 g/mol. The maximum atomic E-state index is 6.99. The van der Waals surface area contributed by atoms with Crippen LogP contribution >= 0.6 is 0 Å². The van der Waals surface area contributed by atoms with Crippen LogP contribution in [0.4, 0.5) is 34.1 Å². The van der Waals surface area contributed by atoms with E-state index in [4.69, 9.17) is 18.3 Å². The van der Waals surface area contributed by atoms with Crippen molar-refractivity contribution in [2.75, 3.05) is 9.80 Å². The van der Waals surface area contributed by atoms with E-state index in [-0.39, 0.29) is 0 Å². The van der Waals surface area contributed by atoms with Gasteiger partial charge in [0.15, 0.2) is 0 Å². The molecule has 2 atom stereocenters. The number of para-hydroxylation sites is 6. The zero-order valence-corrected chi connectivity index (χ0v) is 72.3. The molecule has 30 rings (SSSR count). The quantitative estimate of drug-likeness (QED) is 0.151. The third kappa shape index (κ3) is 10.5. The summed E-state index contributed by atoms with van der Waals surface area (Å²) in [4.78, 5) is 4.82. The van der Waals surface area contributed by atoms with Gasteiger partial charge in [0.05, 0.1) is 44.3 Å². The number of rotatable bonds is 8. The second-order valence-corrected chi connectivity index (χ2v) is 35.9. The van der Waals surface area contributed by atoms with Gasteiger partial charge in [-0.1, -0.05) is 303 Å². The van der Waals surface area contributed by atoms with Crippen LogP contribution in [0.5, 0.6) is 23.0 Å². The highest BCUT2D eigenvalue weighted by Gasteiger charge is 2.52. The van der Waals surface area contributed by atoms with Crippen molar-refractivity contribution >= 4 is 165 Å². The van der Waals surface area contributed by atoms with Crippen LogP contribution in [0.3, 0.4) is 0 Å². The maximum absolute atomic E-state index is 6.99. The normalized spacial score (nSPS) is 14.7. The highest BCUT2D eigenvalue weighted by atomic mass is 16.5. The zero-order chi connectivity index (χ0) is 87.6. The van der Waals surface area contributed by atoms with Gasteiger partial charge in [-0.05, 0) is 228 Å². The van der Waals surface area contributed by atoms with Crippen molar-refractivity contribution in [3.05, 3.63) is 506 Å². The number of furan rings is 2. The predicted octanol–water partition coefficient (Wildman–Crippen LogP) is 33.9. The summed E-state index contributed by atoms with van der Waals surface area (Å²) in [5.41, 5.74) is 29.6. The van der Waals surface area contributed by atoms with Gasteiger partial charge >= 0.3 is 0 Å². The van der Waals surface area contributed by atoms with E-state index in [0.29, 0.717) is 0 Å². The van der Waals surface area contributed by atoms with Gasteiger partial charge in [0.1, 0.15) is 45.3 Å². The minimum absolute atomic E-state index is 0.684. The van der Waals surface area contributed by atoms with Crippen LogP contribution in [0.1, 0.15) is 44.5 Å². The molecule has 2 aliphatic carbocycles.